The summed E-state index contributed by atoms with van der Waals surface area (Å²) in [5.41, 5.74) is 1.90. The number of ether oxygens (including phenoxy) is 3. The first kappa shape index (κ1) is 25.6. The molecule has 0 bridgehead atoms. The first-order valence-electron chi connectivity index (χ1n) is 12.6. The summed E-state index contributed by atoms with van der Waals surface area (Å²) in [5, 5.41) is 9.70. The fraction of sp³-hybridized carbons (Fsp3) is 0.448. The molecule has 1 amide bonds. The zero-order chi connectivity index (χ0) is 25.5. The van der Waals surface area contributed by atoms with E-state index in [1.165, 1.54) is 25.7 Å². The number of rotatable bonds is 10. The lowest BCUT2D eigenvalue weighted by atomic mass is 9.82. The van der Waals surface area contributed by atoms with Crippen LogP contribution < -0.4 is 14.2 Å². The maximum Gasteiger partial charge on any atom is 0.332 e. The molecule has 1 aliphatic carbocycles. The average Bonchev–Trinajstić information content (AvgIpc) is 3.33. The van der Waals surface area contributed by atoms with Crippen LogP contribution in [0, 0.1) is 11.8 Å². The summed E-state index contributed by atoms with van der Waals surface area (Å²) in [6.45, 7) is 2.02. The minimum absolute atomic E-state index is 0.0850. The molecule has 1 heterocycles. The second kappa shape index (κ2) is 12.0. The molecule has 1 N–H and O–H groups in total. The summed E-state index contributed by atoms with van der Waals surface area (Å²) in [7, 11) is 3.22. The normalized spacial score (nSPS) is 19.5. The number of methoxy groups -OCH3 is 2. The summed E-state index contributed by atoms with van der Waals surface area (Å²) in [4.78, 5) is 26.6. The second-order valence-corrected chi connectivity index (χ2v) is 9.61. The highest BCUT2D eigenvalue weighted by Crippen LogP contribution is 2.36. The van der Waals surface area contributed by atoms with Gasteiger partial charge in [0, 0.05) is 25.1 Å². The van der Waals surface area contributed by atoms with Crippen LogP contribution in [0.3, 0.4) is 0 Å². The van der Waals surface area contributed by atoms with E-state index >= 15 is 0 Å². The third-order valence-corrected chi connectivity index (χ3v) is 7.27. The molecule has 0 unspecified atom stereocenters. The van der Waals surface area contributed by atoms with Gasteiger partial charge in [0.05, 0.1) is 27.2 Å². The minimum Gasteiger partial charge on any atom is -0.493 e. The molecule has 4 rings (SSSR count). The lowest BCUT2D eigenvalue weighted by Gasteiger charge is -2.22. The van der Waals surface area contributed by atoms with E-state index in [2.05, 4.69) is 0 Å². The molecule has 0 aromatic heterocycles. The van der Waals surface area contributed by atoms with E-state index in [1.54, 1.807) is 20.3 Å². The molecular weight excluding hydrogens is 458 g/mol. The Hall–Kier alpha value is -3.48. The second-order valence-electron chi connectivity index (χ2n) is 9.61. The average molecular weight is 494 g/mol. The number of carbonyl (C=O) groups is 2. The van der Waals surface area contributed by atoms with Crippen LogP contribution in [0.2, 0.25) is 0 Å². The van der Waals surface area contributed by atoms with Gasteiger partial charge < -0.3 is 24.2 Å². The topological polar surface area (TPSA) is 85.3 Å². The molecule has 1 aliphatic heterocycles. The van der Waals surface area contributed by atoms with Crippen molar-refractivity contribution in [1.82, 2.24) is 4.90 Å². The molecule has 2 aliphatic rings. The third-order valence-electron chi connectivity index (χ3n) is 7.27. The lowest BCUT2D eigenvalue weighted by Crippen LogP contribution is -2.29. The van der Waals surface area contributed by atoms with E-state index < -0.39 is 5.97 Å². The Morgan fingerprint density at radius 1 is 0.972 bits per heavy atom. The van der Waals surface area contributed by atoms with Gasteiger partial charge in [-0.3, -0.25) is 4.79 Å². The maximum absolute atomic E-state index is 12.8. The Kier molecular flexibility index (Phi) is 8.52. The molecule has 2 aromatic carbocycles. The fourth-order valence-electron chi connectivity index (χ4n) is 5.26. The molecule has 192 valence electrons. The summed E-state index contributed by atoms with van der Waals surface area (Å²) in [5.74, 6) is 2.08. The summed E-state index contributed by atoms with van der Waals surface area (Å²) in [6.07, 6.45) is 7.02. The highest BCUT2D eigenvalue weighted by atomic mass is 16.5. The van der Waals surface area contributed by atoms with Crippen molar-refractivity contribution in [3.8, 4) is 17.2 Å². The highest BCUT2D eigenvalue weighted by molar-refractivity contribution is 5.98. The molecule has 2 fully saturated rings. The van der Waals surface area contributed by atoms with Crippen molar-refractivity contribution < 1.29 is 28.9 Å². The largest absolute Gasteiger partial charge is 0.493 e. The molecule has 2 atom stereocenters. The molecule has 1 saturated heterocycles. The number of likely N-dealkylation sites (tertiary alicyclic amines) is 1. The minimum atomic E-state index is -1.06. The molecule has 7 nitrogen and oxygen atoms in total. The SMILES string of the molecule is COc1ccc(CCOc2ccc(/C=C(\CC(=O)N3C[C@H]4CCCC[C@H]4C3)C(=O)O)cc2)cc1OC. The Balaban J connectivity index is 1.31. The molecular formula is C29H35NO6. The number of hydrogen-bond donors (Lipinski definition) is 1. The molecule has 1 saturated carbocycles. The lowest BCUT2D eigenvalue weighted by molar-refractivity contribution is -0.136. The summed E-state index contributed by atoms with van der Waals surface area (Å²) in [6, 6.07) is 13.0. The number of aliphatic carboxylic acids is 1. The molecule has 0 radical (unpaired) electrons. The van der Waals surface area contributed by atoms with Gasteiger partial charge in [0.15, 0.2) is 11.5 Å². The van der Waals surface area contributed by atoms with Gasteiger partial charge in [0.2, 0.25) is 5.91 Å². The first-order chi connectivity index (χ1) is 17.5. The molecule has 36 heavy (non-hydrogen) atoms. The molecule has 7 heteroatoms. The zero-order valence-corrected chi connectivity index (χ0v) is 21.1. The zero-order valence-electron chi connectivity index (χ0n) is 21.1. The monoisotopic (exact) mass is 493 g/mol. The number of carbonyl (C=O) groups excluding carboxylic acids is 1. The van der Waals surface area contributed by atoms with Gasteiger partial charge in [-0.1, -0.05) is 31.0 Å². The smallest absolute Gasteiger partial charge is 0.332 e. The number of fused-ring (bicyclic) bond motifs is 1. The van der Waals surface area contributed by atoms with E-state index in [0.29, 0.717) is 42.1 Å². The maximum atomic E-state index is 12.8. The van der Waals surface area contributed by atoms with Crippen LogP contribution in [0.4, 0.5) is 0 Å². The van der Waals surface area contributed by atoms with Crippen molar-refractivity contribution in [3.63, 3.8) is 0 Å². The number of carboxylic acid groups (broad SMARTS) is 1. The van der Waals surface area contributed by atoms with Gasteiger partial charge in [0.25, 0.3) is 0 Å². The Bertz CT molecular complexity index is 1080. The molecule has 2 aromatic rings. The molecule has 0 spiro atoms. The van der Waals surface area contributed by atoms with Gasteiger partial charge in [0.1, 0.15) is 5.75 Å². The highest BCUT2D eigenvalue weighted by Gasteiger charge is 2.36. The predicted molar refractivity (Wildman–Crippen MR) is 137 cm³/mol. The van der Waals surface area contributed by atoms with Crippen molar-refractivity contribution in [2.75, 3.05) is 33.9 Å². The van der Waals surface area contributed by atoms with Crippen LogP contribution in [0.1, 0.15) is 43.2 Å². The number of amides is 1. The number of hydrogen-bond acceptors (Lipinski definition) is 5. The number of nitrogens with zero attached hydrogens (tertiary/aromatic N) is 1. The summed E-state index contributed by atoms with van der Waals surface area (Å²) >= 11 is 0. The Morgan fingerprint density at radius 3 is 2.25 bits per heavy atom. The summed E-state index contributed by atoms with van der Waals surface area (Å²) < 4.78 is 16.5. The van der Waals surface area contributed by atoms with E-state index in [-0.39, 0.29) is 17.9 Å². The van der Waals surface area contributed by atoms with Crippen molar-refractivity contribution in [1.29, 1.82) is 0 Å². The van der Waals surface area contributed by atoms with Crippen LogP contribution >= 0.6 is 0 Å². The van der Waals surface area contributed by atoms with Gasteiger partial charge in [-0.25, -0.2) is 4.79 Å². The van der Waals surface area contributed by atoms with E-state index in [4.69, 9.17) is 14.2 Å². The van der Waals surface area contributed by atoms with E-state index in [0.717, 1.165) is 24.2 Å². The number of carboxylic acids is 1. The Labute approximate surface area is 212 Å². The van der Waals surface area contributed by atoms with Gasteiger partial charge in [-0.2, -0.15) is 0 Å². The van der Waals surface area contributed by atoms with Crippen LogP contribution in [0.15, 0.2) is 48.0 Å². The number of benzene rings is 2. The quantitative estimate of drug-likeness (QED) is 0.477. The van der Waals surface area contributed by atoms with Crippen LogP contribution in [0.25, 0.3) is 6.08 Å². The Morgan fingerprint density at radius 2 is 1.64 bits per heavy atom. The van der Waals surface area contributed by atoms with Crippen LogP contribution in [-0.2, 0) is 16.0 Å². The van der Waals surface area contributed by atoms with Gasteiger partial charge >= 0.3 is 5.97 Å². The van der Waals surface area contributed by atoms with Crippen LogP contribution in [-0.4, -0.2) is 55.8 Å². The van der Waals surface area contributed by atoms with Crippen molar-refractivity contribution in [3.05, 3.63) is 59.2 Å². The van der Waals surface area contributed by atoms with E-state index in [9.17, 15) is 14.7 Å². The first-order valence-corrected chi connectivity index (χ1v) is 12.6. The van der Waals surface area contributed by atoms with E-state index in [1.807, 2.05) is 47.4 Å². The van der Waals surface area contributed by atoms with Crippen molar-refractivity contribution >= 4 is 18.0 Å². The van der Waals surface area contributed by atoms with Crippen LogP contribution in [0.5, 0.6) is 17.2 Å². The van der Waals surface area contributed by atoms with Crippen molar-refractivity contribution in [2.24, 2.45) is 11.8 Å². The third kappa shape index (κ3) is 6.39. The predicted octanol–water partition coefficient (Wildman–Crippen LogP) is 4.83. The fourth-order valence-corrected chi connectivity index (χ4v) is 5.26. The van der Waals surface area contributed by atoms with Crippen molar-refractivity contribution in [2.45, 2.75) is 38.5 Å². The van der Waals surface area contributed by atoms with Gasteiger partial charge in [-0.15, -0.1) is 0 Å². The van der Waals surface area contributed by atoms with Gasteiger partial charge in [-0.05, 0) is 66.1 Å². The standard InChI is InChI=1S/C29H35NO6/c1-34-26-12-9-21(16-27(26)35-2)13-14-36-25-10-7-20(8-11-25)15-24(29(32)33)17-28(31)30-18-22-5-3-4-6-23(22)19-30/h7-12,15-16,22-23H,3-6,13-14,17-19H2,1-2H3,(H,32,33)/b24-15+/t22-,23+.